The van der Waals surface area contributed by atoms with Gasteiger partial charge in [-0.15, -0.1) is 0 Å². The maximum atomic E-state index is 11.4. The molecular weight excluding hydrogens is 520 g/mol. The molecule has 1 aliphatic carbocycles. The largest absolute Gasteiger partial charge is 0.494 e. The Kier molecular flexibility index (Phi) is 9.64. The molecule has 0 amide bonds. The first-order chi connectivity index (χ1) is 18.7. The Labute approximate surface area is 234 Å². The first-order valence-electron chi connectivity index (χ1n) is 13.3. The number of carboxylic acids is 1. The van der Waals surface area contributed by atoms with Gasteiger partial charge in [0.25, 0.3) is 0 Å². The Morgan fingerprint density at radius 2 is 1.69 bits per heavy atom. The number of halogens is 1. The van der Waals surface area contributed by atoms with Gasteiger partial charge in [-0.2, -0.15) is 0 Å². The molecule has 0 unspecified atom stereocenters. The number of nitrogens with zero attached hydrogens (tertiary/aromatic N) is 2. The van der Waals surface area contributed by atoms with Gasteiger partial charge in [-0.3, -0.25) is 14.3 Å². The van der Waals surface area contributed by atoms with E-state index >= 15 is 0 Å². The monoisotopic (exact) mass is 556 g/mol. The summed E-state index contributed by atoms with van der Waals surface area (Å²) in [6.07, 6.45) is 3.26. The van der Waals surface area contributed by atoms with E-state index in [0.717, 1.165) is 37.8 Å². The van der Waals surface area contributed by atoms with E-state index in [0.29, 0.717) is 29.0 Å². The van der Waals surface area contributed by atoms with Crippen LogP contribution in [0.5, 0.6) is 23.3 Å². The van der Waals surface area contributed by atoms with Gasteiger partial charge in [0.1, 0.15) is 6.61 Å². The van der Waals surface area contributed by atoms with Crippen molar-refractivity contribution in [2.75, 3.05) is 20.3 Å². The predicted molar refractivity (Wildman–Crippen MR) is 150 cm³/mol. The summed E-state index contributed by atoms with van der Waals surface area (Å²) >= 11 is 6.14. The molecular formula is C30H37ClN2O6. The first kappa shape index (κ1) is 28.6. The molecule has 1 saturated carbocycles. The Morgan fingerprint density at radius 1 is 1.03 bits per heavy atom. The Morgan fingerprint density at radius 3 is 2.31 bits per heavy atom. The molecule has 1 aromatic heterocycles. The third-order valence-corrected chi connectivity index (χ3v) is 7.96. The van der Waals surface area contributed by atoms with E-state index in [9.17, 15) is 20.1 Å². The Hall–Kier alpha value is -3.36. The molecule has 1 heterocycles. The second-order valence-electron chi connectivity index (χ2n) is 10.2. The van der Waals surface area contributed by atoms with Crippen molar-refractivity contribution in [1.82, 2.24) is 9.47 Å². The van der Waals surface area contributed by atoms with Crippen LogP contribution in [0.15, 0.2) is 54.6 Å². The third kappa shape index (κ3) is 7.40. The zero-order valence-electron chi connectivity index (χ0n) is 22.4. The molecule has 1 atom stereocenters. The van der Waals surface area contributed by atoms with Crippen LogP contribution in [0.2, 0.25) is 5.02 Å². The van der Waals surface area contributed by atoms with Gasteiger partial charge in [0.2, 0.25) is 0 Å². The highest BCUT2D eigenvalue weighted by Crippen LogP contribution is 2.34. The van der Waals surface area contributed by atoms with Crippen molar-refractivity contribution in [2.24, 2.45) is 11.8 Å². The maximum absolute atomic E-state index is 11.4. The number of methoxy groups -OCH3 is 1. The molecule has 210 valence electrons. The fraction of sp³-hybridized carbons (Fsp3) is 0.433. The van der Waals surface area contributed by atoms with Crippen molar-refractivity contribution in [3.63, 3.8) is 0 Å². The molecule has 4 rings (SSSR count). The molecule has 1 aliphatic rings. The van der Waals surface area contributed by atoms with E-state index in [1.165, 1.54) is 22.3 Å². The highest BCUT2D eigenvalue weighted by molar-refractivity contribution is 6.30. The van der Waals surface area contributed by atoms with E-state index in [2.05, 4.69) is 24.0 Å². The van der Waals surface area contributed by atoms with Crippen LogP contribution in [0, 0.1) is 11.8 Å². The minimum Gasteiger partial charge on any atom is -0.494 e. The van der Waals surface area contributed by atoms with Crippen molar-refractivity contribution in [3.8, 4) is 23.3 Å². The zero-order chi connectivity index (χ0) is 27.9. The summed E-state index contributed by atoms with van der Waals surface area (Å²) in [5.74, 6) is 0.656. The topological polar surface area (TPSA) is 104 Å². The summed E-state index contributed by atoms with van der Waals surface area (Å²) < 4.78 is 12.9. The van der Waals surface area contributed by atoms with E-state index in [1.807, 2.05) is 30.3 Å². The average molecular weight is 557 g/mol. The summed E-state index contributed by atoms with van der Waals surface area (Å²) in [4.78, 5) is 13.9. The van der Waals surface area contributed by atoms with Gasteiger partial charge in [-0.25, -0.2) is 0 Å². The molecule has 0 bridgehead atoms. The number of carboxylic acid groups (broad SMARTS) is 1. The normalized spacial score (nSPS) is 18.2. The Balaban J connectivity index is 1.46. The van der Waals surface area contributed by atoms with Crippen LogP contribution < -0.4 is 9.47 Å². The molecule has 0 spiro atoms. The van der Waals surface area contributed by atoms with Crippen molar-refractivity contribution in [2.45, 2.75) is 51.7 Å². The van der Waals surface area contributed by atoms with E-state index in [4.69, 9.17) is 21.1 Å². The molecule has 9 heteroatoms. The molecule has 3 N–H and O–H groups in total. The smallest absolute Gasteiger partial charge is 0.306 e. The molecule has 0 radical (unpaired) electrons. The van der Waals surface area contributed by atoms with Crippen LogP contribution in [0.25, 0.3) is 0 Å². The third-order valence-electron chi connectivity index (χ3n) is 7.71. The number of hydrogen-bond donors (Lipinski definition) is 3. The highest BCUT2D eigenvalue weighted by atomic mass is 35.5. The predicted octanol–water partition coefficient (Wildman–Crippen LogP) is 6.09. The van der Waals surface area contributed by atoms with Gasteiger partial charge < -0.3 is 24.8 Å². The number of benzene rings is 2. The van der Waals surface area contributed by atoms with Crippen LogP contribution in [-0.2, 0) is 17.9 Å². The molecule has 0 saturated heterocycles. The number of aromatic hydroxyl groups is 2. The lowest BCUT2D eigenvalue weighted by atomic mass is 9.81. The number of hydrogen-bond acceptors (Lipinski definition) is 6. The van der Waals surface area contributed by atoms with Gasteiger partial charge in [-0.05, 0) is 73.9 Å². The van der Waals surface area contributed by atoms with Crippen LogP contribution in [0.3, 0.4) is 0 Å². The van der Waals surface area contributed by atoms with Gasteiger partial charge in [0.15, 0.2) is 23.3 Å². The molecule has 8 nitrogen and oxygen atoms in total. The number of rotatable bonds is 12. The number of carbonyl (C=O) groups is 1. The minimum absolute atomic E-state index is 0.0234. The molecule has 1 fully saturated rings. The zero-order valence-corrected chi connectivity index (χ0v) is 23.2. The van der Waals surface area contributed by atoms with Gasteiger partial charge in [0, 0.05) is 36.3 Å². The lowest BCUT2D eigenvalue weighted by molar-refractivity contribution is -0.143. The van der Waals surface area contributed by atoms with E-state index in [1.54, 1.807) is 7.11 Å². The van der Waals surface area contributed by atoms with Crippen LogP contribution in [0.1, 0.15) is 49.8 Å². The second-order valence-corrected chi connectivity index (χ2v) is 10.7. The van der Waals surface area contributed by atoms with Gasteiger partial charge in [-0.1, -0.05) is 29.8 Å². The SMILES string of the molecule is COc1cc(CN(CC2CCC(C(=O)O)CC2)[C@H](C)c2ccc(Cl)cc2)ccc1OCCn1c(O)ccc1O. The Bertz CT molecular complexity index is 1220. The van der Waals surface area contributed by atoms with Gasteiger partial charge in [0.05, 0.1) is 19.6 Å². The van der Waals surface area contributed by atoms with E-state index in [-0.39, 0.29) is 36.9 Å². The summed E-state index contributed by atoms with van der Waals surface area (Å²) in [7, 11) is 1.60. The van der Waals surface area contributed by atoms with Crippen molar-refractivity contribution >= 4 is 17.6 Å². The minimum atomic E-state index is -0.684. The van der Waals surface area contributed by atoms with Crippen molar-refractivity contribution in [3.05, 3.63) is 70.7 Å². The fourth-order valence-corrected chi connectivity index (χ4v) is 5.45. The number of ether oxygens (including phenoxy) is 2. The first-order valence-corrected chi connectivity index (χ1v) is 13.7. The second kappa shape index (κ2) is 13.1. The number of aromatic nitrogens is 1. The average Bonchev–Trinajstić information content (AvgIpc) is 3.26. The molecule has 2 aromatic carbocycles. The summed E-state index contributed by atoms with van der Waals surface area (Å²) in [5.41, 5.74) is 2.24. The molecule has 39 heavy (non-hydrogen) atoms. The lowest BCUT2D eigenvalue weighted by Gasteiger charge is -2.35. The lowest BCUT2D eigenvalue weighted by Crippen LogP contribution is -2.34. The van der Waals surface area contributed by atoms with Gasteiger partial charge >= 0.3 is 5.97 Å². The van der Waals surface area contributed by atoms with Crippen LogP contribution in [-0.4, -0.2) is 51.0 Å². The van der Waals surface area contributed by atoms with E-state index < -0.39 is 5.97 Å². The van der Waals surface area contributed by atoms with Crippen molar-refractivity contribution in [1.29, 1.82) is 0 Å². The summed E-state index contributed by atoms with van der Waals surface area (Å²) in [5, 5.41) is 29.8. The van der Waals surface area contributed by atoms with Crippen LogP contribution >= 0.6 is 11.6 Å². The molecule has 3 aromatic rings. The maximum Gasteiger partial charge on any atom is 0.306 e. The standard InChI is InChI=1S/C30H37ClN2O6/c1-20(23-8-10-25(31)11-9-23)32(18-21-3-6-24(7-4-21)30(36)37)19-22-5-12-26(27(17-22)38-2)39-16-15-33-28(34)13-14-29(33)35/h5,8-14,17,20-21,24,34-35H,3-4,6-7,15-16,18-19H2,1-2H3,(H,36,37)/t20-,21?,24?/m1/s1. The summed E-state index contributed by atoms with van der Waals surface area (Å²) in [6.45, 7) is 4.26. The van der Waals surface area contributed by atoms with Crippen molar-refractivity contribution < 1.29 is 29.6 Å². The fourth-order valence-electron chi connectivity index (χ4n) is 5.32. The molecule has 0 aliphatic heterocycles. The van der Waals surface area contributed by atoms with Crippen LogP contribution in [0.4, 0.5) is 0 Å². The highest BCUT2D eigenvalue weighted by Gasteiger charge is 2.28. The summed E-state index contributed by atoms with van der Waals surface area (Å²) in [6, 6.07) is 16.8. The quantitative estimate of drug-likeness (QED) is 0.248. The number of aliphatic carboxylic acids is 1.